The van der Waals surface area contributed by atoms with Gasteiger partial charge < -0.3 is 26.5 Å². The maximum atomic E-state index is 11.3. The Labute approximate surface area is 284 Å². The Morgan fingerprint density at radius 1 is 0.848 bits per heavy atom. The molecule has 0 unspecified atom stereocenters. The number of thiophene rings is 2. The summed E-state index contributed by atoms with van der Waals surface area (Å²) in [4.78, 5) is 55.5. The summed E-state index contributed by atoms with van der Waals surface area (Å²) in [6.07, 6.45) is 10.9. The lowest BCUT2D eigenvalue weighted by Gasteiger charge is -1.96. The van der Waals surface area contributed by atoms with E-state index >= 15 is 0 Å². The van der Waals surface area contributed by atoms with Crippen LogP contribution in [-0.2, 0) is 14.3 Å². The summed E-state index contributed by atoms with van der Waals surface area (Å²) >= 11 is 12.0. The van der Waals surface area contributed by atoms with Crippen molar-refractivity contribution in [3.05, 3.63) is 86.3 Å². The molecule has 0 radical (unpaired) electrons. The first kappa shape index (κ1) is 42.0. The van der Waals surface area contributed by atoms with E-state index in [1.807, 2.05) is 26.0 Å². The minimum absolute atomic E-state index is 0. The SMILES string of the molecule is CO.COC(=O)CS.COC(=O)c1cc2c(C)cncc2s1.Cc1cncc(Cl)c1C=O.Cc1cncc2sc(C(N)=O)cc12.N. The third-order valence-corrected chi connectivity index (χ3v) is 8.23. The molecule has 5 aromatic rings. The molecule has 0 aromatic carbocycles. The average Bonchev–Trinajstić information content (AvgIpc) is 3.69. The fraction of sp³-hybridized carbons (Fsp3) is 0.233. The molecule has 12 nitrogen and oxygen atoms in total. The van der Waals surface area contributed by atoms with E-state index in [2.05, 4.69) is 37.1 Å². The number of aryl methyl sites for hydroxylation is 3. The van der Waals surface area contributed by atoms with Crippen LogP contribution in [0.25, 0.3) is 20.2 Å². The Balaban J connectivity index is 0.000000593. The Morgan fingerprint density at radius 3 is 1.65 bits per heavy atom. The van der Waals surface area contributed by atoms with Crippen LogP contribution in [0.4, 0.5) is 0 Å². The van der Waals surface area contributed by atoms with Crippen LogP contribution in [0.3, 0.4) is 0 Å². The first-order chi connectivity index (χ1) is 21.5. The maximum absolute atomic E-state index is 11.3. The van der Waals surface area contributed by atoms with Crippen LogP contribution in [0.5, 0.6) is 0 Å². The fourth-order valence-electron chi connectivity index (χ4n) is 3.27. The van der Waals surface area contributed by atoms with Crippen molar-refractivity contribution >= 4 is 91.2 Å². The number of aliphatic hydroxyl groups excluding tert-OH is 1. The van der Waals surface area contributed by atoms with Crippen molar-refractivity contribution in [2.24, 2.45) is 5.73 Å². The van der Waals surface area contributed by atoms with Gasteiger partial charge in [-0.1, -0.05) is 11.6 Å². The van der Waals surface area contributed by atoms with Gasteiger partial charge in [-0.15, -0.1) is 22.7 Å². The summed E-state index contributed by atoms with van der Waals surface area (Å²) in [7, 11) is 3.72. The van der Waals surface area contributed by atoms with E-state index in [-0.39, 0.29) is 29.7 Å². The molecule has 0 saturated heterocycles. The number of aldehydes is 1. The van der Waals surface area contributed by atoms with Crippen molar-refractivity contribution in [3.63, 3.8) is 0 Å². The van der Waals surface area contributed by atoms with Crippen molar-refractivity contribution in [1.82, 2.24) is 21.1 Å². The van der Waals surface area contributed by atoms with Crippen LogP contribution in [-0.4, -0.2) is 71.3 Å². The number of primary amides is 1. The zero-order chi connectivity index (χ0) is 34.1. The van der Waals surface area contributed by atoms with Crippen LogP contribution >= 0.6 is 46.9 Å². The molecule has 6 N–H and O–H groups in total. The highest BCUT2D eigenvalue weighted by Crippen LogP contribution is 2.28. The minimum Gasteiger partial charge on any atom is -0.468 e. The molecule has 1 amide bonds. The van der Waals surface area contributed by atoms with Gasteiger partial charge in [-0.25, -0.2) is 4.79 Å². The average molecular weight is 710 g/mol. The molecule has 0 spiro atoms. The van der Waals surface area contributed by atoms with E-state index in [4.69, 9.17) is 22.4 Å². The van der Waals surface area contributed by atoms with Gasteiger partial charge in [0.25, 0.3) is 5.91 Å². The molecule has 0 fully saturated rings. The number of amides is 1. The van der Waals surface area contributed by atoms with Crippen molar-refractivity contribution in [2.45, 2.75) is 20.8 Å². The van der Waals surface area contributed by atoms with Crippen molar-refractivity contribution < 1.29 is 33.8 Å². The number of aromatic nitrogens is 3. The number of ether oxygens (including phenoxy) is 2. The first-order valence-electron chi connectivity index (χ1n) is 12.7. The van der Waals surface area contributed by atoms with Gasteiger partial charge >= 0.3 is 11.9 Å². The minimum atomic E-state index is -0.374. The molecule has 5 rings (SSSR count). The van der Waals surface area contributed by atoms with Crippen LogP contribution < -0.4 is 11.9 Å². The molecular formula is C30H36ClN5O7S3. The van der Waals surface area contributed by atoms with Gasteiger partial charge in [0, 0.05) is 49.9 Å². The van der Waals surface area contributed by atoms with Gasteiger partial charge in [0.2, 0.25) is 0 Å². The third kappa shape index (κ3) is 12.4. The number of nitrogens with two attached hydrogens (primary N) is 1. The second kappa shape index (κ2) is 21.7. The summed E-state index contributed by atoms with van der Waals surface area (Å²) in [5.41, 5.74) is 8.66. The maximum Gasteiger partial charge on any atom is 0.348 e. The Hall–Kier alpha value is -3.99. The van der Waals surface area contributed by atoms with Gasteiger partial charge in [0.1, 0.15) is 4.88 Å². The zero-order valence-corrected chi connectivity index (χ0v) is 29.4. The lowest BCUT2D eigenvalue weighted by Crippen LogP contribution is -2.08. The molecular weight excluding hydrogens is 674 g/mol. The van der Waals surface area contributed by atoms with E-state index < -0.39 is 0 Å². The topological polar surface area (TPSA) is 207 Å². The van der Waals surface area contributed by atoms with Crippen LogP contribution in [0.1, 0.15) is 46.4 Å². The predicted molar refractivity (Wildman–Crippen MR) is 187 cm³/mol. The van der Waals surface area contributed by atoms with Crippen LogP contribution in [0, 0.1) is 20.8 Å². The fourth-order valence-corrected chi connectivity index (χ4v) is 5.63. The normalized spacial score (nSPS) is 9.33. The smallest absolute Gasteiger partial charge is 0.348 e. The van der Waals surface area contributed by atoms with Gasteiger partial charge in [-0.3, -0.25) is 29.3 Å². The summed E-state index contributed by atoms with van der Waals surface area (Å²) < 4.78 is 10.9. The summed E-state index contributed by atoms with van der Waals surface area (Å²) in [5, 5.41) is 9.55. The molecule has 5 heterocycles. The number of fused-ring (bicyclic) bond motifs is 2. The number of hydrogen-bond acceptors (Lipinski definition) is 14. The number of aliphatic hydroxyl groups is 1. The standard InChI is InChI=1S/C10H9NO2S.C9H8N2OS.C7H6ClNO.C3H6O2S.CH4O.H3N/c1-6-4-11-5-9-7(6)3-8(14-9)10(12)13-2;1-5-3-11-4-8-6(5)2-7(13-8)9(10)12;1-5-2-9-3-7(8)6(5)4-10;1-5-3(4)2-6;1-2;/h3-5H,1-2H3;2-4H,1H3,(H2,10,12);2-4H,1H3;6H,2H2,1H3;2H,1H3;1H3. The highest BCUT2D eigenvalue weighted by molar-refractivity contribution is 7.81. The summed E-state index contributed by atoms with van der Waals surface area (Å²) in [6.45, 7) is 5.73. The monoisotopic (exact) mass is 709 g/mol. The molecule has 0 aliphatic heterocycles. The number of methoxy groups -OCH3 is 2. The largest absolute Gasteiger partial charge is 0.468 e. The second-order valence-corrected chi connectivity index (χ2v) is 11.4. The molecule has 16 heteroatoms. The lowest BCUT2D eigenvalue weighted by atomic mass is 10.2. The van der Waals surface area contributed by atoms with Gasteiger partial charge in [0.15, 0.2) is 6.29 Å². The first-order valence-corrected chi connectivity index (χ1v) is 15.4. The molecule has 0 saturated carbocycles. The molecule has 0 atom stereocenters. The number of nitrogens with zero attached hydrogens (tertiary/aromatic N) is 3. The number of halogens is 1. The van der Waals surface area contributed by atoms with E-state index in [0.717, 1.165) is 50.3 Å². The summed E-state index contributed by atoms with van der Waals surface area (Å²) in [6, 6.07) is 3.67. The van der Waals surface area contributed by atoms with Crippen LogP contribution in [0.2, 0.25) is 5.02 Å². The molecule has 46 heavy (non-hydrogen) atoms. The Morgan fingerprint density at radius 2 is 1.30 bits per heavy atom. The highest BCUT2D eigenvalue weighted by atomic mass is 35.5. The molecule has 248 valence electrons. The van der Waals surface area contributed by atoms with Crippen LogP contribution in [0.15, 0.2) is 49.3 Å². The lowest BCUT2D eigenvalue weighted by molar-refractivity contribution is -0.137. The number of pyridine rings is 3. The third-order valence-electron chi connectivity index (χ3n) is 5.53. The van der Waals surface area contributed by atoms with E-state index in [1.165, 1.54) is 43.1 Å². The van der Waals surface area contributed by atoms with Crippen molar-refractivity contribution in [1.29, 1.82) is 0 Å². The number of esters is 2. The van der Waals surface area contributed by atoms with Gasteiger partial charge in [-0.05, 0) is 60.4 Å². The quantitative estimate of drug-likeness (QED) is 0.0994. The number of carbonyl (C=O) groups excluding carboxylic acids is 4. The molecule has 0 aliphatic carbocycles. The highest BCUT2D eigenvalue weighted by Gasteiger charge is 2.11. The van der Waals surface area contributed by atoms with E-state index in [1.54, 1.807) is 37.9 Å². The number of carbonyl (C=O) groups is 4. The molecule has 5 aromatic heterocycles. The number of rotatable bonds is 4. The van der Waals surface area contributed by atoms with Gasteiger partial charge in [-0.2, -0.15) is 12.6 Å². The summed E-state index contributed by atoms with van der Waals surface area (Å²) in [5.74, 6) is -0.791. The van der Waals surface area contributed by atoms with E-state index in [0.29, 0.717) is 20.3 Å². The number of hydrogen-bond donors (Lipinski definition) is 4. The predicted octanol–water partition coefficient (Wildman–Crippen LogP) is 5.81. The zero-order valence-electron chi connectivity index (χ0n) is 26.1. The second-order valence-electron chi connectivity index (χ2n) is 8.52. The van der Waals surface area contributed by atoms with E-state index in [9.17, 15) is 19.2 Å². The van der Waals surface area contributed by atoms with Crippen molar-refractivity contribution in [2.75, 3.05) is 27.1 Å². The van der Waals surface area contributed by atoms with Gasteiger partial charge in [0.05, 0.1) is 39.3 Å². The van der Waals surface area contributed by atoms with Crippen molar-refractivity contribution in [3.8, 4) is 0 Å². The molecule has 0 aliphatic rings. The number of thiol groups is 1. The Bertz CT molecular complexity index is 1720. The molecule has 0 bridgehead atoms. The Kier molecular flexibility index (Phi) is 19.8.